The van der Waals surface area contributed by atoms with Crippen molar-refractivity contribution in [3.8, 4) is 0 Å². The van der Waals surface area contributed by atoms with Crippen LogP contribution in [0.1, 0.15) is 252 Å². The summed E-state index contributed by atoms with van der Waals surface area (Å²) >= 11 is 0. The summed E-state index contributed by atoms with van der Waals surface area (Å²) in [4.78, 5) is 43.0. The Morgan fingerprint density at radius 1 is 0.481 bits per heavy atom. The monoisotopic (exact) mass is 1130 g/mol. The van der Waals surface area contributed by atoms with Gasteiger partial charge in [0.1, 0.15) is 42.9 Å². The molecule has 0 saturated carbocycles. The van der Waals surface area contributed by atoms with E-state index in [2.05, 4.69) is 4.74 Å². The number of aliphatic hydroxyl groups excluding tert-OH is 3. The fraction of sp³-hybridized carbons (Fsp3) is 0.841. The maximum atomic E-state index is 15.4. The van der Waals surface area contributed by atoms with E-state index in [0.29, 0.717) is 45.6 Å². The van der Waals surface area contributed by atoms with Gasteiger partial charge in [-0.05, 0) is 43.1 Å². The molecule has 2 fully saturated rings. The van der Waals surface area contributed by atoms with Crippen molar-refractivity contribution >= 4 is 24.9 Å². The Bertz CT molecular complexity index is 1630. The molecule has 0 aliphatic carbocycles. The van der Waals surface area contributed by atoms with Crippen molar-refractivity contribution in [3.63, 3.8) is 0 Å². The molecule has 1 aromatic rings. The third-order valence-electron chi connectivity index (χ3n) is 15.7. The predicted octanol–water partition coefficient (Wildman–Crippen LogP) is 13.8. The number of halogens is 2. The highest BCUT2D eigenvalue weighted by Crippen LogP contribution is 2.37. The lowest BCUT2D eigenvalue weighted by molar-refractivity contribution is -0.297. The lowest BCUT2D eigenvalue weighted by Crippen LogP contribution is -2.60. The predicted molar refractivity (Wildman–Crippen MR) is 303 cm³/mol. The van der Waals surface area contributed by atoms with Crippen LogP contribution in [-0.2, 0) is 58.9 Å². The van der Waals surface area contributed by atoms with E-state index in [1.165, 1.54) is 142 Å². The van der Waals surface area contributed by atoms with Gasteiger partial charge in [0.25, 0.3) is 12.9 Å². The van der Waals surface area contributed by atoms with Gasteiger partial charge < -0.3 is 48.5 Å². The molecule has 12 atom stereocenters. The molecule has 2 aliphatic rings. The molecule has 1 aromatic carbocycles. The van der Waals surface area contributed by atoms with Crippen LogP contribution in [0.2, 0.25) is 0 Å². The summed E-state index contributed by atoms with van der Waals surface area (Å²) < 4.78 is 67.2. The molecule has 458 valence electrons. The third-order valence-corrected chi connectivity index (χ3v) is 15.7. The van der Waals surface area contributed by atoms with E-state index >= 15 is 4.39 Å². The second kappa shape index (κ2) is 47.2. The Morgan fingerprint density at radius 2 is 0.823 bits per heavy atom. The summed E-state index contributed by atoms with van der Waals surface area (Å²) in [6.07, 6.45) is 26.2. The minimum atomic E-state index is -1.64. The summed E-state index contributed by atoms with van der Waals surface area (Å²) in [6, 6.07) is 9.86. The van der Waals surface area contributed by atoms with Crippen LogP contribution in [0, 0.1) is 11.8 Å². The summed E-state index contributed by atoms with van der Waals surface area (Å²) in [7, 11) is 0. The topological polar surface area (TPSA) is 194 Å². The molecule has 0 amide bonds. The molecule has 2 saturated heterocycles. The molecule has 6 unspecified atom stereocenters. The van der Waals surface area contributed by atoms with Crippen LogP contribution >= 0.6 is 0 Å². The van der Waals surface area contributed by atoms with Crippen molar-refractivity contribution < 1.29 is 76.4 Å². The van der Waals surface area contributed by atoms with E-state index in [-0.39, 0.29) is 18.3 Å². The first kappa shape index (κ1) is 71.8. The minimum Gasteiger partial charge on any atom is -0.468 e. The van der Waals surface area contributed by atoms with Gasteiger partial charge in [0.2, 0.25) is 12.6 Å². The van der Waals surface area contributed by atoms with Gasteiger partial charge in [-0.25, -0.2) is 8.78 Å². The lowest BCUT2D eigenvalue weighted by atomic mass is 9.81. The van der Waals surface area contributed by atoms with Gasteiger partial charge in [-0.3, -0.25) is 19.2 Å². The Labute approximate surface area is 474 Å². The van der Waals surface area contributed by atoms with Crippen LogP contribution < -0.4 is 0 Å². The fourth-order valence-corrected chi connectivity index (χ4v) is 10.7. The Hall–Kier alpha value is -3.28. The molecule has 3 N–H and O–H groups in total. The largest absolute Gasteiger partial charge is 0.468 e. The number of hydrogen-bond acceptors (Lipinski definition) is 14. The molecule has 0 aromatic heterocycles. The fourth-order valence-electron chi connectivity index (χ4n) is 10.7. The number of aliphatic hydroxyl groups is 3. The zero-order valence-electron chi connectivity index (χ0n) is 49.2. The molecule has 2 aliphatic heterocycles. The van der Waals surface area contributed by atoms with Crippen molar-refractivity contribution in [2.75, 3.05) is 13.2 Å². The zero-order valence-corrected chi connectivity index (χ0v) is 49.2. The molecule has 2 heterocycles. The van der Waals surface area contributed by atoms with Crippen molar-refractivity contribution in [1.82, 2.24) is 0 Å². The third kappa shape index (κ3) is 34.1. The number of rotatable bonds is 47. The molecule has 3 rings (SSSR count). The second-order valence-electron chi connectivity index (χ2n) is 22.5. The first-order valence-electron chi connectivity index (χ1n) is 31.1. The Balaban J connectivity index is 0.000000549. The SMILES string of the molecule is CC(=O)OC1OC([C@@H](F)CCCCCCCCCCCCCCCCCCOC=O)[C@@H](C)[C@H](C)C1OCc1ccccc1.CC(=O)OC1OC([C@@H](F)CCCCCCCCCCCCCCCCCCOC=O)[C@@H](O)[C@H](O)C1O. The number of benzene rings is 1. The van der Waals surface area contributed by atoms with Crippen molar-refractivity contribution in [2.45, 2.75) is 314 Å². The Morgan fingerprint density at radius 3 is 1.20 bits per heavy atom. The normalized spacial score (nSPS) is 23.7. The van der Waals surface area contributed by atoms with E-state index < -0.39 is 73.5 Å². The first-order valence-corrected chi connectivity index (χ1v) is 31.1. The van der Waals surface area contributed by atoms with Crippen LogP contribution in [0.4, 0.5) is 8.78 Å². The molecule has 0 bridgehead atoms. The zero-order chi connectivity index (χ0) is 57.7. The minimum absolute atomic E-state index is 0.0171. The van der Waals surface area contributed by atoms with Crippen molar-refractivity contribution in [3.05, 3.63) is 35.9 Å². The van der Waals surface area contributed by atoms with E-state index in [4.69, 9.17) is 28.4 Å². The molecule has 0 spiro atoms. The maximum absolute atomic E-state index is 15.4. The number of hydrogen-bond donors (Lipinski definition) is 3. The number of carbonyl (C=O) groups is 4. The summed E-state index contributed by atoms with van der Waals surface area (Å²) in [5, 5.41) is 29.9. The molecule has 14 nitrogen and oxygen atoms in total. The van der Waals surface area contributed by atoms with Gasteiger partial charge in [0.05, 0.1) is 25.9 Å². The van der Waals surface area contributed by atoms with Crippen molar-refractivity contribution in [1.29, 1.82) is 0 Å². The number of alkyl halides is 2. The highest BCUT2D eigenvalue weighted by Gasteiger charge is 2.49. The van der Waals surface area contributed by atoms with Gasteiger partial charge in [-0.2, -0.15) is 0 Å². The van der Waals surface area contributed by atoms with Gasteiger partial charge in [0, 0.05) is 13.8 Å². The highest BCUT2D eigenvalue weighted by molar-refractivity contribution is 5.66. The number of unbranched alkanes of at least 4 members (excludes halogenated alkanes) is 30. The van der Waals surface area contributed by atoms with Crippen LogP contribution in [0.25, 0.3) is 0 Å². The average Bonchev–Trinajstić information content (AvgIpc) is 3.50. The van der Waals surface area contributed by atoms with E-state index in [1.54, 1.807) is 0 Å². The van der Waals surface area contributed by atoms with Gasteiger partial charge >= 0.3 is 11.9 Å². The first-order chi connectivity index (χ1) is 38.3. The summed E-state index contributed by atoms with van der Waals surface area (Å²) in [5.74, 6) is -1.24. The summed E-state index contributed by atoms with van der Waals surface area (Å²) in [6.45, 7) is 9.06. The van der Waals surface area contributed by atoms with Gasteiger partial charge in [-0.1, -0.05) is 237 Å². The van der Waals surface area contributed by atoms with Gasteiger partial charge in [-0.15, -0.1) is 0 Å². The molecular weight excluding hydrogens is 1020 g/mol. The average molecular weight is 1130 g/mol. The quantitative estimate of drug-likeness (QED) is 0.0241. The highest BCUT2D eigenvalue weighted by atomic mass is 19.1. The van der Waals surface area contributed by atoms with Crippen LogP contribution in [0.3, 0.4) is 0 Å². The number of ether oxygens (including phenoxy) is 7. The Kier molecular flexibility index (Phi) is 42.9. The smallest absolute Gasteiger partial charge is 0.305 e. The standard InChI is InChI=1S/C36H59FO6.C27H49FO8/c1-29-30(2)35(41-27-32-23-19-18-20-24-32)36(42-31(3)39)43-34(29)33(37)25-21-16-14-12-10-8-6-4-5-7-9-11-13-15-17-22-26-40-28-38;1-21(30)35-27-25(33)23(31)24(32)26(36-27)22(28)18-16-14-12-10-8-6-4-2-3-5-7-9-11-13-15-17-19-34-20-29/h18-20,23-24,28-30,33-36H,4-17,21-22,25-27H2,1-3H3;20,22-27,31-33H,2-19H2,1H3/t29-,30-,33-,34?,35?,36?;22-,23-,24-,25?,26?,27?/m00/s1. The van der Waals surface area contributed by atoms with Crippen LogP contribution in [-0.4, -0.2) is 115 Å². The molecule has 16 heteroatoms. The van der Waals surface area contributed by atoms with Crippen molar-refractivity contribution in [2.24, 2.45) is 11.8 Å². The van der Waals surface area contributed by atoms with E-state index in [9.17, 15) is 38.9 Å². The maximum Gasteiger partial charge on any atom is 0.305 e. The van der Waals surface area contributed by atoms with Gasteiger partial charge in [0.15, 0.2) is 0 Å². The van der Waals surface area contributed by atoms with E-state index in [0.717, 1.165) is 76.7 Å². The number of carbonyl (C=O) groups excluding carboxylic acids is 4. The molecule has 79 heavy (non-hydrogen) atoms. The summed E-state index contributed by atoms with van der Waals surface area (Å²) in [5.41, 5.74) is 1.03. The second-order valence-corrected chi connectivity index (χ2v) is 22.5. The molecule has 0 radical (unpaired) electrons. The number of esters is 2. The van der Waals surface area contributed by atoms with Crippen LogP contribution in [0.5, 0.6) is 0 Å². The molecular formula is C63H108F2O14. The van der Waals surface area contributed by atoms with E-state index in [1.807, 2.05) is 44.2 Å². The lowest BCUT2D eigenvalue weighted by Gasteiger charge is -2.44. The van der Waals surface area contributed by atoms with Crippen LogP contribution in [0.15, 0.2) is 30.3 Å².